The molecule has 0 saturated carbocycles. The van der Waals surface area contributed by atoms with Gasteiger partial charge >= 0.3 is 0 Å². The zero-order valence-electron chi connectivity index (χ0n) is 18.0. The predicted molar refractivity (Wildman–Crippen MR) is 118 cm³/mol. The van der Waals surface area contributed by atoms with Crippen molar-refractivity contribution in [3.8, 4) is 5.75 Å². The molecule has 3 fully saturated rings. The molecule has 0 spiro atoms. The maximum Gasteiger partial charge on any atom is 0.223 e. The molecule has 30 heavy (non-hydrogen) atoms. The van der Waals surface area contributed by atoms with Crippen LogP contribution in [0.4, 0.5) is 0 Å². The van der Waals surface area contributed by atoms with Crippen LogP contribution in [-0.2, 0) is 17.6 Å². The van der Waals surface area contributed by atoms with Crippen molar-refractivity contribution in [2.45, 2.75) is 69.9 Å². The summed E-state index contributed by atoms with van der Waals surface area (Å²) in [4.78, 5) is 18.4. The molecule has 5 aliphatic rings. The Labute approximate surface area is 180 Å². The van der Waals surface area contributed by atoms with Gasteiger partial charge in [-0.2, -0.15) is 0 Å². The number of rotatable bonds is 3. The van der Waals surface area contributed by atoms with E-state index in [9.17, 15) is 4.79 Å². The summed E-state index contributed by atoms with van der Waals surface area (Å²) >= 11 is 0. The summed E-state index contributed by atoms with van der Waals surface area (Å²) in [6.07, 6.45) is 12.9. The van der Waals surface area contributed by atoms with Crippen LogP contribution >= 0.6 is 0 Å². The van der Waals surface area contributed by atoms with Crippen LogP contribution in [0.1, 0.15) is 56.1 Å². The smallest absolute Gasteiger partial charge is 0.223 e. The molecule has 4 atom stereocenters. The number of carbonyl (C=O) groups is 1. The van der Waals surface area contributed by atoms with Crippen LogP contribution in [0.25, 0.3) is 0 Å². The van der Waals surface area contributed by atoms with Crippen molar-refractivity contribution in [2.24, 2.45) is 11.8 Å². The molecule has 1 aromatic rings. The third-order valence-electron chi connectivity index (χ3n) is 8.36. The molecule has 0 unspecified atom stereocenters. The Hall–Kier alpha value is -1.81. The second-order valence-electron chi connectivity index (χ2n) is 10.1. The highest BCUT2D eigenvalue weighted by molar-refractivity contribution is 5.77. The maximum atomic E-state index is 13.4. The number of benzene rings is 1. The Bertz CT molecular complexity index is 863. The van der Waals surface area contributed by atoms with Gasteiger partial charge in [0.25, 0.3) is 0 Å². The largest absolute Gasteiger partial charge is 0.493 e. The molecule has 1 amide bonds. The van der Waals surface area contributed by atoms with E-state index in [4.69, 9.17) is 4.74 Å². The highest BCUT2D eigenvalue weighted by Gasteiger charge is 2.46. The molecule has 3 saturated heterocycles. The van der Waals surface area contributed by atoms with Gasteiger partial charge in [-0.1, -0.05) is 30.2 Å². The average molecular weight is 407 g/mol. The number of carbonyl (C=O) groups excluding carboxylic acids is 1. The Morgan fingerprint density at radius 2 is 2.10 bits per heavy atom. The lowest BCUT2D eigenvalue weighted by Crippen LogP contribution is -2.60. The van der Waals surface area contributed by atoms with Gasteiger partial charge < -0.3 is 9.64 Å². The van der Waals surface area contributed by atoms with E-state index in [-0.39, 0.29) is 0 Å². The van der Waals surface area contributed by atoms with Crippen LogP contribution in [0.3, 0.4) is 0 Å². The van der Waals surface area contributed by atoms with Crippen LogP contribution in [0, 0.1) is 11.8 Å². The van der Waals surface area contributed by atoms with Gasteiger partial charge in [-0.05, 0) is 74.1 Å². The normalized spacial score (nSPS) is 32.5. The molecule has 1 aromatic carbocycles. The first-order chi connectivity index (χ1) is 14.8. The van der Waals surface area contributed by atoms with E-state index in [0.717, 1.165) is 50.1 Å². The van der Waals surface area contributed by atoms with Gasteiger partial charge in [0.05, 0.1) is 12.6 Å². The topological polar surface area (TPSA) is 32.8 Å². The summed E-state index contributed by atoms with van der Waals surface area (Å²) < 4.78 is 5.62. The van der Waals surface area contributed by atoms with E-state index in [1.807, 2.05) is 0 Å². The minimum absolute atomic E-state index is 0.363. The van der Waals surface area contributed by atoms with Crippen LogP contribution in [0.2, 0.25) is 0 Å². The number of nitrogens with zero attached hydrogens (tertiary/aromatic N) is 2. The lowest BCUT2D eigenvalue weighted by Gasteiger charge is -2.54. The van der Waals surface area contributed by atoms with Crippen LogP contribution in [-0.4, -0.2) is 54.0 Å². The summed E-state index contributed by atoms with van der Waals surface area (Å²) in [5, 5.41) is 0. The summed E-state index contributed by atoms with van der Waals surface area (Å²) in [7, 11) is 0. The van der Waals surface area contributed by atoms with Crippen molar-refractivity contribution in [1.29, 1.82) is 0 Å². The molecule has 0 radical (unpaired) electrons. The number of hydrogen-bond donors (Lipinski definition) is 0. The molecule has 0 aromatic heterocycles. The minimum atomic E-state index is 0.363. The number of fused-ring (bicyclic) bond motifs is 7. The fourth-order valence-electron chi connectivity index (χ4n) is 7.04. The van der Waals surface area contributed by atoms with Gasteiger partial charge in [-0.25, -0.2) is 0 Å². The van der Waals surface area contributed by atoms with Gasteiger partial charge in [0.1, 0.15) is 5.75 Å². The number of hydrogen-bond acceptors (Lipinski definition) is 3. The third-order valence-corrected chi connectivity index (χ3v) is 8.36. The maximum absolute atomic E-state index is 13.4. The van der Waals surface area contributed by atoms with Gasteiger partial charge in [0.2, 0.25) is 5.91 Å². The van der Waals surface area contributed by atoms with E-state index in [0.29, 0.717) is 24.3 Å². The summed E-state index contributed by atoms with van der Waals surface area (Å²) in [5.41, 5.74) is 4.17. The van der Waals surface area contributed by atoms with Crippen LogP contribution in [0.15, 0.2) is 29.8 Å². The first-order valence-electron chi connectivity index (χ1n) is 12.2. The number of ether oxygens (including phenoxy) is 1. The van der Waals surface area contributed by atoms with Gasteiger partial charge in [-0.3, -0.25) is 9.69 Å². The van der Waals surface area contributed by atoms with Crippen molar-refractivity contribution < 1.29 is 9.53 Å². The zero-order chi connectivity index (χ0) is 20.1. The number of aryl methyl sites for hydroxylation is 1. The van der Waals surface area contributed by atoms with Crippen molar-refractivity contribution in [3.05, 3.63) is 41.0 Å². The van der Waals surface area contributed by atoms with Gasteiger partial charge in [0.15, 0.2) is 0 Å². The highest BCUT2D eigenvalue weighted by atomic mass is 16.5. The third kappa shape index (κ3) is 3.28. The number of piperidine rings is 3. The zero-order valence-corrected chi connectivity index (χ0v) is 18.0. The molecule has 4 heteroatoms. The minimum Gasteiger partial charge on any atom is -0.493 e. The molecule has 6 rings (SSSR count). The quantitative estimate of drug-likeness (QED) is 0.712. The van der Waals surface area contributed by atoms with E-state index >= 15 is 0 Å². The van der Waals surface area contributed by atoms with E-state index in [1.165, 1.54) is 56.3 Å². The lowest BCUT2D eigenvalue weighted by atomic mass is 9.68. The van der Waals surface area contributed by atoms with Crippen LogP contribution < -0.4 is 4.74 Å². The van der Waals surface area contributed by atoms with E-state index < -0.39 is 0 Å². The van der Waals surface area contributed by atoms with Gasteiger partial charge in [-0.15, -0.1) is 0 Å². The summed E-state index contributed by atoms with van der Waals surface area (Å²) in [6, 6.07) is 7.63. The fraction of sp³-hybridized carbons (Fsp3) is 0.654. The molecule has 4 heterocycles. The molecule has 2 bridgehead atoms. The van der Waals surface area contributed by atoms with Crippen molar-refractivity contribution in [3.63, 3.8) is 0 Å². The summed E-state index contributed by atoms with van der Waals surface area (Å²) in [5.74, 6) is 2.77. The van der Waals surface area contributed by atoms with Crippen LogP contribution in [0.5, 0.6) is 5.75 Å². The monoisotopic (exact) mass is 406 g/mol. The van der Waals surface area contributed by atoms with Crippen molar-refractivity contribution in [2.75, 3.05) is 26.2 Å². The predicted octanol–water partition coefficient (Wildman–Crippen LogP) is 3.98. The molecule has 4 nitrogen and oxygen atoms in total. The second kappa shape index (κ2) is 7.71. The summed E-state index contributed by atoms with van der Waals surface area (Å²) in [6.45, 7) is 4.22. The van der Waals surface area contributed by atoms with Crippen molar-refractivity contribution >= 4 is 5.91 Å². The molecule has 1 aliphatic carbocycles. The highest BCUT2D eigenvalue weighted by Crippen LogP contribution is 2.45. The first-order valence-corrected chi connectivity index (χ1v) is 12.2. The first kappa shape index (κ1) is 18.9. The Kier molecular flexibility index (Phi) is 4.86. The Morgan fingerprint density at radius 3 is 3.07 bits per heavy atom. The number of likely N-dealkylation sites (tertiary alicyclic amines) is 1. The lowest BCUT2D eigenvalue weighted by molar-refractivity contribution is -0.136. The average Bonchev–Trinajstić information content (AvgIpc) is 3.25. The fourth-order valence-corrected chi connectivity index (χ4v) is 7.04. The Morgan fingerprint density at radius 1 is 1.13 bits per heavy atom. The standard InChI is InChI=1S/C26H34N2O2/c29-25(9-7-18-6-8-24-19(14-18)10-13-30-24)28-12-3-4-20-15-21-16-22(26(20)28)17-27-11-2-1-5-23(21)27/h6,8,14-15,21-23,26H,1-5,7,9-13,16-17H2/t21-,22-,23+,26+/m0/s1. The number of amides is 1. The van der Waals surface area contributed by atoms with E-state index in [1.54, 1.807) is 5.57 Å². The van der Waals surface area contributed by atoms with E-state index in [2.05, 4.69) is 34.1 Å². The SMILES string of the molecule is O=C(CCc1ccc2c(c1)CCO2)N1CCCC2=C[C@H]3C[C@@H](CN4CCCC[C@H]34)[C@@H]21. The molecular weight excluding hydrogens is 372 g/mol. The molecule has 4 aliphatic heterocycles. The Balaban J connectivity index is 1.17. The van der Waals surface area contributed by atoms with Gasteiger partial charge in [0, 0.05) is 32.0 Å². The van der Waals surface area contributed by atoms with Crippen molar-refractivity contribution in [1.82, 2.24) is 9.80 Å². The molecule has 0 N–H and O–H groups in total. The molecular formula is C26H34N2O2. The second-order valence-corrected chi connectivity index (χ2v) is 10.1. The molecule has 160 valence electrons.